The van der Waals surface area contributed by atoms with Crippen molar-refractivity contribution in [2.24, 2.45) is 0 Å². The molecule has 3 rings (SSSR count). The second kappa shape index (κ2) is 10.2. The van der Waals surface area contributed by atoms with E-state index in [0.29, 0.717) is 31.1 Å². The molecule has 0 atom stereocenters. The average molecular weight is 458 g/mol. The van der Waals surface area contributed by atoms with E-state index < -0.39 is 10.0 Å². The van der Waals surface area contributed by atoms with E-state index in [1.807, 2.05) is 42.5 Å². The summed E-state index contributed by atoms with van der Waals surface area (Å²) in [5, 5.41) is 0. The fraction of sp³-hybridized carbons (Fsp3) is 0.280. The maximum Gasteiger partial charge on any atom is 0.232 e. The normalized spacial score (nSPS) is 11.4. The van der Waals surface area contributed by atoms with Crippen LogP contribution >= 0.6 is 11.6 Å². The van der Waals surface area contributed by atoms with Gasteiger partial charge in [-0.3, -0.25) is 4.31 Å². The predicted molar refractivity (Wildman–Crippen MR) is 130 cm³/mol. The lowest BCUT2D eigenvalue weighted by Crippen LogP contribution is -2.31. The number of benzene rings is 3. The number of aryl methyl sites for hydroxylation is 2. The Labute approximate surface area is 190 Å². The van der Waals surface area contributed by atoms with E-state index in [2.05, 4.69) is 26.0 Å². The van der Waals surface area contributed by atoms with Crippen LogP contribution in [0.5, 0.6) is 5.75 Å². The van der Waals surface area contributed by atoms with E-state index in [1.54, 1.807) is 12.1 Å². The molecule has 0 heterocycles. The van der Waals surface area contributed by atoms with Gasteiger partial charge in [-0.2, -0.15) is 0 Å². The highest BCUT2D eigenvalue weighted by Crippen LogP contribution is 2.32. The van der Waals surface area contributed by atoms with Crippen molar-refractivity contribution in [3.63, 3.8) is 0 Å². The molecule has 164 valence electrons. The van der Waals surface area contributed by atoms with E-state index in [0.717, 1.165) is 28.0 Å². The van der Waals surface area contributed by atoms with Gasteiger partial charge in [0.05, 0.1) is 18.6 Å². The molecule has 0 N–H and O–H groups in total. The summed E-state index contributed by atoms with van der Waals surface area (Å²) in [4.78, 5) is 0. The van der Waals surface area contributed by atoms with Gasteiger partial charge in [-0.25, -0.2) is 8.42 Å². The number of ether oxygens (including phenoxy) is 1. The zero-order valence-electron chi connectivity index (χ0n) is 18.1. The standard InChI is InChI=1S/C25H28ClNO3S/c1-19-15-24(16-20(2)25(19)22-10-7-9-21(17-22)18-26)30-14-8-13-27(31(3,28)29)23-11-5-4-6-12-23/h4-7,9-12,15-17H,8,13-14,18H2,1-3H3. The Morgan fingerprint density at radius 2 is 1.61 bits per heavy atom. The lowest BCUT2D eigenvalue weighted by Gasteiger charge is -2.22. The van der Waals surface area contributed by atoms with Crippen LogP contribution in [0.2, 0.25) is 0 Å². The van der Waals surface area contributed by atoms with Crippen LogP contribution in [0.3, 0.4) is 0 Å². The number of sulfonamides is 1. The van der Waals surface area contributed by atoms with Gasteiger partial charge in [0.25, 0.3) is 0 Å². The third-order valence-electron chi connectivity index (χ3n) is 5.09. The van der Waals surface area contributed by atoms with Gasteiger partial charge in [-0.05, 0) is 72.0 Å². The molecule has 4 nitrogen and oxygen atoms in total. The second-order valence-corrected chi connectivity index (χ2v) is 9.81. The highest BCUT2D eigenvalue weighted by atomic mass is 35.5. The fourth-order valence-electron chi connectivity index (χ4n) is 3.75. The minimum Gasteiger partial charge on any atom is -0.494 e. The first-order chi connectivity index (χ1) is 14.8. The first-order valence-corrected chi connectivity index (χ1v) is 12.6. The van der Waals surface area contributed by atoms with Crippen LogP contribution in [-0.2, 0) is 15.9 Å². The van der Waals surface area contributed by atoms with Gasteiger partial charge < -0.3 is 4.74 Å². The van der Waals surface area contributed by atoms with Gasteiger partial charge >= 0.3 is 0 Å². The fourth-order valence-corrected chi connectivity index (χ4v) is 4.88. The number of hydrogen-bond donors (Lipinski definition) is 0. The number of alkyl halides is 1. The molecule has 31 heavy (non-hydrogen) atoms. The number of rotatable bonds is 9. The van der Waals surface area contributed by atoms with Gasteiger partial charge in [-0.1, -0.05) is 36.4 Å². The molecule has 0 radical (unpaired) electrons. The first kappa shape index (κ1) is 23.2. The van der Waals surface area contributed by atoms with Crippen molar-refractivity contribution in [1.82, 2.24) is 0 Å². The highest BCUT2D eigenvalue weighted by Gasteiger charge is 2.16. The quantitative estimate of drug-likeness (QED) is 0.295. The Hall–Kier alpha value is -2.50. The molecular formula is C25H28ClNO3S. The maximum absolute atomic E-state index is 12.2. The van der Waals surface area contributed by atoms with Crippen LogP contribution in [0.15, 0.2) is 66.7 Å². The average Bonchev–Trinajstić information content (AvgIpc) is 2.73. The molecule has 0 aliphatic carbocycles. The summed E-state index contributed by atoms with van der Waals surface area (Å²) in [6.45, 7) is 4.94. The van der Waals surface area contributed by atoms with E-state index >= 15 is 0 Å². The lowest BCUT2D eigenvalue weighted by molar-refractivity contribution is 0.313. The Morgan fingerprint density at radius 3 is 2.23 bits per heavy atom. The summed E-state index contributed by atoms with van der Waals surface area (Å²) in [5.41, 5.74) is 6.35. The minimum atomic E-state index is -3.35. The Kier molecular flexibility index (Phi) is 7.63. The number of para-hydroxylation sites is 1. The molecule has 0 amide bonds. The molecule has 0 aliphatic heterocycles. The van der Waals surface area contributed by atoms with Gasteiger partial charge in [0.15, 0.2) is 0 Å². The van der Waals surface area contributed by atoms with Crippen molar-refractivity contribution in [3.8, 4) is 16.9 Å². The van der Waals surface area contributed by atoms with Crippen LogP contribution in [0.1, 0.15) is 23.1 Å². The summed E-state index contributed by atoms with van der Waals surface area (Å²) < 4.78 is 31.7. The number of nitrogens with zero attached hydrogens (tertiary/aromatic N) is 1. The summed E-state index contributed by atoms with van der Waals surface area (Å²) in [7, 11) is -3.35. The Balaban J connectivity index is 1.67. The van der Waals surface area contributed by atoms with Crippen LogP contribution in [0.4, 0.5) is 5.69 Å². The monoisotopic (exact) mass is 457 g/mol. The molecule has 0 aromatic heterocycles. The molecule has 0 unspecified atom stereocenters. The summed E-state index contributed by atoms with van der Waals surface area (Å²) in [6.07, 6.45) is 1.81. The van der Waals surface area contributed by atoms with Gasteiger partial charge in [-0.15, -0.1) is 11.6 Å². The largest absolute Gasteiger partial charge is 0.494 e. The number of halogens is 1. The van der Waals surface area contributed by atoms with Gasteiger partial charge in [0, 0.05) is 18.8 Å². The molecule has 0 bridgehead atoms. The molecular weight excluding hydrogens is 430 g/mol. The Morgan fingerprint density at radius 1 is 0.935 bits per heavy atom. The molecule has 0 aliphatic rings. The van der Waals surface area contributed by atoms with Crippen LogP contribution in [-0.4, -0.2) is 27.8 Å². The summed E-state index contributed by atoms with van der Waals surface area (Å²) in [5.74, 6) is 1.28. The minimum absolute atomic E-state index is 0.365. The molecule has 0 saturated heterocycles. The van der Waals surface area contributed by atoms with Crippen molar-refractivity contribution in [1.29, 1.82) is 0 Å². The van der Waals surface area contributed by atoms with Crippen molar-refractivity contribution in [2.75, 3.05) is 23.7 Å². The first-order valence-electron chi connectivity index (χ1n) is 10.2. The smallest absolute Gasteiger partial charge is 0.232 e. The predicted octanol–water partition coefficient (Wildman–Crippen LogP) is 5.94. The summed E-state index contributed by atoms with van der Waals surface area (Å²) in [6, 6.07) is 21.4. The highest BCUT2D eigenvalue weighted by molar-refractivity contribution is 7.92. The molecule has 3 aromatic rings. The van der Waals surface area contributed by atoms with E-state index in [1.165, 1.54) is 16.1 Å². The lowest BCUT2D eigenvalue weighted by atomic mass is 9.94. The molecule has 0 fully saturated rings. The third-order valence-corrected chi connectivity index (χ3v) is 6.60. The molecule has 0 spiro atoms. The van der Waals surface area contributed by atoms with Crippen molar-refractivity contribution < 1.29 is 13.2 Å². The second-order valence-electron chi connectivity index (χ2n) is 7.64. The SMILES string of the molecule is Cc1cc(OCCCN(c2ccccc2)S(C)(=O)=O)cc(C)c1-c1cccc(CCl)c1. The van der Waals surface area contributed by atoms with Gasteiger partial charge in [0.2, 0.25) is 10.0 Å². The van der Waals surface area contributed by atoms with E-state index in [4.69, 9.17) is 16.3 Å². The van der Waals surface area contributed by atoms with Crippen molar-refractivity contribution in [3.05, 3.63) is 83.4 Å². The topological polar surface area (TPSA) is 46.6 Å². The van der Waals surface area contributed by atoms with Crippen LogP contribution < -0.4 is 9.04 Å². The van der Waals surface area contributed by atoms with Crippen LogP contribution in [0, 0.1) is 13.8 Å². The molecule has 6 heteroatoms. The Bertz CT molecular complexity index is 1110. The van der Waals surface area contributed by atoms with Gasteiger partial charge in [0.1, 0.15) is 5.75 Å². The third kappa shape index (κ3) is 6.02. The van der Waals surface area contributed by atoms with Crippen molar-refractivity contribution >= 4 is 27.3 Å². The van der Waals surface area contributed by atoms with Crippen molar-refractivity contribution in [2.45, 2.75) is 26.1 Å². The molecule has 0 saturated carbocycles. The zero-order valence-corrected chi connectivity index (χ0v) is 19.7. The molecule has 3 aromatic carbocycles. The number of hydrogen-bond acceptors (Lipinski definition) is 3. The van der Waals surface area contributed by atoms with Crippen LogP contribution in [0.25, 0.3) is 11.1 Å². The zero-order chi connectivity index (χ0) is 22.4. The maximum atomic E-state index is 12.2. The summed E-state index contributed by atoms with van der Waals surface area (Å²) >= 11 is 5.99. The number of anilines is 1. The van der Waals surface area contributed by atoms with E-state index in [-0.39, 0.29) is 0 Å². The van der Waals surface area contributed by atoms with E-state index in [9.17, 15) is 8.42 Å².